The fourth-order valence-corrected chi connectivity index (χ4v) is 2.41. The molecule has 0 bridgehead atoms. The van der Waals surface area contributed by atoms with Crippen molar-refractivity contribution in [3.05, 3.63) is 39.3 Å². The average molecular weight is 279 g/mol. The lowest BCUT2D eigenvalue weighted by atomic mass is 9.94. The van der Waals surface area contributed by atoms with Gasteiger partial charge >= 0.3 is 5.71 Å². The molecule has 1 aromatic carbocycles. The number of benzene rings is 1. The van der Waals surface area contributed by atoms with Gasteiger partial charge < -0.3 is 5.53 Å². The third-order valence-corrected chi connectivity index (χ3v) is 3.46. The Morgan fingerprint density at radius 1 is 1.50 bits per heavy atom. The van der Waals surface area contributed by atoms with Crippen LogP contribution in [0.15, 0.2) is 22.7 Å². The molecule has 0 N–H and O–H groups in total. The van der Waals surface area contributed by atoms with Gasteiger partial charge in [-0.3, -0.25) is 4.79 Å². The van der Waals surface area contributed by atoms with Gasteiger partial charge in [-0.2, -0.15) is 4.79 Å². The molecule has 0 aliphatic heterocycles. The van der Waals surface area contributed by atoms with Crippen molar-refractivity contribution in [1.29, 1.82) is 0 Å². The van der Waals surface area contributed by atoms with Crippen molar-refractivity contribution in [3.8, 4) is 0 Å². The number of rotatable bonds is 0. The minimum atomic E-state index is -0.0915. The molecule has 1 aromatic rings. The first-order chi connectivity index (χ1) is 7.63. The number of halogens is 1. The summed E-state index contributed by atoms with van der Waals surface area (Å²) in [6.45, 7) is 2.08. The Morgan fingerprint density at radius 2 is 2.25 bits per heavy atom. The van der Waals surface area contributed by atoms with Gasteiger partial charge in [0.05, 0.1) is 5.56 Å². The van der Waals surface area contributed by atoms with E-state index in [2.05, 4.69) is 27.6 Å². The van der Waals surface area contributed by atoms with Crippen LogP contribution in [0.2, 0.25) is 0 Å². The first-order valence-corrected chi connectivity index (χ1v) is 5.98. The second-order valence-electron chi connectivity index (χ2n) is 4.04. The normalized spacial score (nSPS) is 20.0. The molecule has 1 unspecified atom stereocenters. The molecule has 0 amide bonds. The second-order valence-corrected chi connectivity index (χ2v) is 4.96. The molecule has 4 heteroatoms. The molecule has 0 fully saturated rings. The summed E-state index contributed by atoms with van der Waals surface area (Å²) in [5.74, 6) is 0.220. The summed E-state index contributed by atoms with van der Waals surface area (Å²) in [7, 11) is 0. The van der Waals surface area contributed by atoms with Crippen LogP contribution in [0.5, 0.6) is 0 Å². The van der Waals surface area contributed by atoms with Crippen molar-refractivity contribution in [2.24, 2.45) is 0 Å². The lowest BCUT2D eigenvalue weighted by Crippen LogP contribution is -2.15. The molecule has 3 nitrogen and oxygen atoms in total. The fourth-order valence-electron chi connectivity index (χ4n) is 2.04. The predicted octanol–water partition coefficient (Wildman–Crippen LogP) is 2.93. The second kappa shape index (κ2) is 4.32. The van der Waals surface area contributed by atoms with E-state index in [9.17, 15) is 4.79 Å². The van der Waals surface area contributed by atoms with Crippen LogP contribution in [0, 0.1) is 0 Å². The number of nitrogens with zero attached hydrogens (tertiary/aromatic N) is 2. The monoisotopic (exact) mass is 278 g/mol. The lowest BCUT2D eigenvalue weighted by molar-refractivity contribution is -0.117. The Hall–Kier alpha value is -1.25. The van der Waals surface area contributed by atoms with Gasteiger partial charge in [0.1, 0.15) is 0 Å². The number of hydrogen-bond acceptors (Lipinski definition) is 1. The number of carbonyl (C=O) groups excluding carboxylic acids is 1. The molecule has 82 valence electrons. The molecular formula is C12H11BrN2O. The molecule has 0 spiro atoms. The van der Waals surface area contributed by atoms with Crippen LogP contribution in [0.1, 0.15) is 36.8 Å². The number of ketones is 1. The zero-order valence-electron chi connectivity index (χ0n) is 8.90. The van der Waals surface area contributed by atoms with Crippen LogP contribution >= 0.6 is 15.9 Å². The maximum atomic E-state index is 11.8. The van der Waals surface area contributed by atoms with E-state index in [4.69, 9.17) is 5.53 Å². The third-order valence-electron chi connectivity index (χ3n) is 2.97. The van der Waals surface area contributed by atoms with Crippen LogP contribution in [0.3, 0.4) is 0 Å². The summed E-state index contributed by atoms with van der Waals surface area (Å²) >= 11 is 3.36. The van der Waals surface area contributed by atoms with E-state index in [1.54, 1.807) is 0 Å². The summed E-state index contributed by atoms with van der Waals surface area (Å²) in [5, 5.41) is 0. The smallest absolute Gasteiger partial charge is 0.361 e. The van der Waals surface area contributed by atoms with Crippen LogP contribution in [-0.4, -0.2) is 16.3 Å². The molecule has 2 rings (SSSR count). The van der Waals surface area contributed by atoms with Crippen LogP contribution < -0.4 is 0 Å². The molecule has 0 saturated heterocycles. The maximum absolute atomic E-state index is 11.8. The van der Waals surface area contributed by atoms with Gasteiger partial charge in [0.15, 0.2) is 0 Å². The van der Waals surface area contributed by atoms with Gasteiger partial charge in [-0.05, 0) is 30.0 Å². The van der Waals surface area contributed by atoms with E-state index in [0.717, 1.165) is 22.0 Å². The van der Waals surface area contributed by atoms with Crippen molar-refractivity contribution < 1.29 is 9.58 Å². The first-order valence-electron chi connectivity index (χ1n) is 5.18. The number of hydrogen-bond donors (Lipinski definition) is 0. The Balaban J connectivity index is 2.69. The highest BCUT2D eigenvalue weighted by Gasteiger charge is 2.31. The summed E-state index contributed by atoms with van der Waals surface area (Å²) in [6.07, 6.45) is 1.24. The molecule has 1 aliphatic carbocycles. The van der Waals surface area contributed by atoms with Crippen molar-refractivity contribution in [1.82, 2.24) is 0 Å². The molecule has 1 atom stereocenters. The van der Waals surface area contributed by atoms with Crippen molar-refractivity contribution in [2.75, 3.05) is 0 Å². The zero-order valence-corrected chi connectivity index (χ0v) is 10.5. The average Bonchev–Trinajstić information content (AvgIpc) is 2.37. The van der Waals surface area contributed by atoms with Crippen LogP contribution in [0.25, 0.3) is 5.53 Å². The van der Waals surface area contributed by atoms with Gasteiger partial charge in [-0.25, -0.2) is 0 Å². The number of carbonyl (C=O) groups is 1. The summed E-state index contributed by atoms with van der Waals surface area (Å²) in [5.41, 5.74) is 11.0. The Labute approximate surface area is 102 Å². The van der Waals surface area contributed by atoms with Crippen molar-refractivity contribution in [2.45, 2.75) is 25.7 Å². The van der Waals surface area contributed by atoms with E-state index in [-0.39, 0.29) is 11.5 Å². The SMILES string of the molecule is CC1CCC(=O)C(=[N+]=[N-])c2cc(Br)ccc21. The molecule has 1 aliphatic rings. The van der Waals surface area contributed by atoms with Crippen molar-refractivity contribution in [3.63, 3.8) is 0 Å². The minimum Gasteiger partial charge on any atom is -0.361 e. The highest BCUT2D eigenvalue weighted by molar-refractivity contribution is 9.10. The highest BCUT2D eigenvalue weighted by atomic mass is 79.9. The van der Waals surface area contributed by atoms with Crippen LogP contribution in [-0.2, 0) is 4.79 Å². The standard InChI is InChI=1S/C12H11BrN2O/c1-7-2-5-11(16)12(15-14)10-6-8(13)3-4-9(7)10/h3-4,6-7H,2,5H2,1H3. The molecular weight excluding hydrogens is 268 g/mol. The van der Waals surface area contributed by atoms with Gasteiger partial charge in [0.2, 0.25) is 5.78 Å². The van der Waals surface area contributed by atoms with Gasteiger partial charge in [-0.1, -0.05) is 28.9 Å². The van der Waals surface area contributed by atoms with E-state index in [1.165, 1.54) is 0 Å². The Morgan fingerprint density at radius 3 is 2.94 bits per heavy atom. The highest BCUT2D eigenvalue weighted by Crippen LogP contribution is 2.30. The molecule has 0 saturated carbocycles. The summed E-state index contributed by atoms with van der Waals surface area (Å²) in [6, 6.07) is 5.76. The summed E-state index contributed by atoms with van der Waals surface area (Å²) in [4.78, 5) is 14.9. The fraction of sp³-hybridized carbons (Fsp3) is 0.333. The molecule has 16 heavy (non-hydrogen) atoms. The molecule has 0 heterocycles. The van der Waals surface area contributed by atoms with E-state index >= 15 is 0 Å². The summed E-state index contributed by atoms with van der Waals surface area (Å²) < 4.78 is 0.884. The predicted molar refractivity (Wildman–Crippen MR) is 64.5 cm³/mol. The Bertz CT molecular complexity index is 504. The van der Waals surface area contributed by atoms with Gasteiger partial charge in [0, 0.05) is 10.9 Å². The zero-order chi connectivity index (χ0) is 11.7. The van der Waals surface area contributed by atoms with Crippen molar-refractivity contribution >= 4 is 27.4 Å². The van der Waals surface area contributed by atoms with Gasteiger partial charge in [-0.15, -0.1) is 0 Å². The van der Waals surface area contributed by atoms with E-state index in [0.29, 0.717) is 12.3 Å². The molecule has 0 aromatic heterocycles. The number of fused-ring (bicyclic) bond motifs is 1. The number of Topliss-reactive ketones (excluding diaryl/α,β-unsaturated/α-hetero) is 1. The topological polar surface area (TPSA) is 53.5 Å². The van der Waals surface area contributed by atoms with E-state index in [1.807, 2.05) is 18.2 Å². The third kappa shape index (κ3) is 1.86. The Kier molecular flexibility index (Phi) is 3.03. The minimum absolute atomic E-state index is 0.0915. The van der Waals surface area contributed by atoms with Crippen LogP contribution in [0.4, 0.5) is 0 Å². The maximum Gasteiger partial charge on any atom is 0.365 e. The first kappa shape index (κ1) is 11.2. The van der Waals surface area contributed by atoms with E-state index < -0.39 is 0 Å². The lowest BCUT2D eigenvalue weighted by Gasteiger charge is -2.09. The largest absolute Gasteiger partial charge is 0.365 e. The quantitative estimate of drug-likeness (QED) is 0.409. The van der Waals surface area contributed by atoms with Gasteiger partial charge in [0.25, 0.3) is 0 Å². The molecule has 0 radical (unpaired) electrons.